The molecular formula is C21H20BrClN2O5S2. The number of benzene rings is 3. The second-order valence-corrected chi connectivity index (χ2v) is 11.4. The van der Waals surface area contributed by atoms with Gasteiger partial charge in [0.1, 0.15) is 10.6 Å². The molecule has 0 heterocycles. The average Bonchev–Trinajstić information content (AvgIpc) is 2.72. The Morgan fingerprint density at radius 3 is 2.09 bits per heavy atom. The Balaban J connectivity index is 1.95. The third-order valence-corrected chi connectivity index (χ3v) is 7.99. The van der Waals surface area contributed by atoms with Gasteiger partial charge in [-0.05, 0) is 74.0 Å². The predicted molar refractivity (Wildman–Crippen MR) is 130 cm³/mol. The van der Waals surface area contributed by atoms with E-state index in [1.54, 1.807) is 38.1 Å². The summed E-state index contributed by atoms with van der Waals surface area (Å²) in [5.41, 5.74) is 0.872. The Morgan fingerprint density at radius 2 is 1.44 bits per heavy atom. The summed E-state index contributed by atoms with van der Waals surface area (Å²) < 4.78 is 62.8. The van der Waals surface area contributed by atoms with Gasteiger partial charge in [-0.2, -0.15) is 0 Å². The van der Waals surface area contributed by atoms with Crippen LogP contribution in [-0.2, 0) is 20.0 Å². The summed E-state index contributed by atoms with van der Waals surface area (Å²) in [5.74, 6) is 0.188. The number of anilines is 2. The number of halogens is 2. The summed E-state index contributed by atoms with van der Waals surface area (Å²) in [4.78, 5) is -0.134. The van der Waals surface area contributed by atoms with Crippen LogP contribution in [0.5, 0.6) is 5.75 Å². The van der Waals surface area contributed by atoms with E-state index in [-0.39, 0.29) is 27.8 Å². The van der Waals surface area contributed by atoms with Crippen LogP contribution in [0.15, 0.2) is 74.9 Å². The molecule has 7 nitrogen and oxygen atoms in total. The van der Waals surface area contributed by atoms with Crippen LogP contribution in [0.25, 0.3) is 0 Å². The second kappa shape index (κ2) is 9.70. The van der Waals surface area contributed by atoms with Gasteiger partial charge in [0, 0.05) is 15.2 Å². The SMILES string of the molecule is CCOc1ccc(Br)cc1S(=O)(=O)Nc1ccc(C)c(S(=O)(=O)Nc2ccc(Cl)cc2)c1. The number of ether oxygens (including phenoxy) is 1. The molecule has 0 spiro atoms. The topological polar surface area (TPSA) is 102 Å². The van der Waals surface area contributed by atoms with Gasteiger partial charge in [-0.1, -0.05) is 33.6 Å². The summed E-state index contributed by atoms with van der Waals surface area (Å²) in [6.07, 6.45) is 0. The van der Waals surface area contributed by atoms with Gasteiger partial charge >= 0.3 is 0 Å². The standard InChI is InChI=1S/C21H20BrClN2O5S2/c1-3-30-19-11-5-15(22)12-21(19)32(28,29)25-18-8-4-14(2)20(13-18)31(26,27)24-17-9-6-16(23)7-10-17/h4-13,24-25H,3H2,1-2H3. The number of hydrogen-bond donors (Lipinski definition) is 2. The molecule has 0 atom stereocenters. The van der Waals surface area contributed by atoms with Crippen molar-refractivity contribution in [2.24, 2.45) is 0 Å². The number of aryl methyl sites for hydroxylation is 1. The zero-order valence-electron chi connectivity index (χ0n) is 17.1. The first-order valence-corrected chi connectivity index (χ1v) is 13.5. The van der Waals surface area contributed by atoms with Gasteiger partial charge in [-0.15, -0.1) is 0 Å². The van der Waals surface area contributed by atoms with Gasteiger partial charge in [-0.25, -0.2) is 16.8 Å². The fraction of sp³-hybridized carbons (Fsp3) is 0.143. The zero-order chi connectivity index (χ0) is 23.5. The molecule has 0 aliphatic heterocycles. The highest BCUT2D eigenvalue weighted by Gasteiger charge is 2.23. The normalized spacial score (nSPS) is 11.8. The van der Waals surface area contributed by atoms with Gasteiger partial charge in [0.25, 0.3) is 20.0 Å². The molecule has 0 saturated carbocycles. The van der Waals surface area contributed by atoms with Crippen LogP contribution in [0.4, 0.5) is 11.4 Å². The summed E-state index contributed by atoms with van der Waals surface area (Å²) in [6.45, 7) is 3.65. The lowest BCUT2D eigenvalue weighted by molar-refractivity contribution is 0.331. The fourth-order valence-corrected chi connectivity index (χ4v) is 6.05. The summed E-state index contributed by atoms with van der Waals surface area (Å²) >= 11 is 9.11. The molecule has 0 aliphatic rings. The van der Waals surface area contributed by atoms with Crippen molar-refractivity contribution in [3.05, 3.63) is 75.7 Å². The highest BCUT2D eigenvalue weighted by molar-refractivity contribution is 9.10. The number of rotatable bonds is 8. The molecule has 0 aromatic heterocycles. The smallest absolute Gasteiger partial charge is 0.265 e. The second-order valence-electron chi connectivity index (χ2n) is 6.72. The van der Waals surface area contributed by atoms with Crippen molar-refractivity contribution in [2.75, 3.05) is 16.1 Å². The summed E-state index contributed by atoms with van der Waals surface area (Å²) in [5, 5.41) is 0.472. The predicted octanol–water partition coefficient (Wildman–Crippen LogP) is 5.41. The quantitative estimate of drug-likeness (QED) is 0.384. The molecule has 11 heteroatoms. The molecule has 0 aliphatic carbocycles. The monoisotopic (exact) mass is 558 g/mol. The highest BCUT2D eigenvalue weighted by Crippen LogP contribution is 2.30. The minimum absolute atomic E-state index is 0.0630. The maximum atomic E-state index is 13.0. The van der Waals surface area contributed by atoms with Gasteiger partial charge in [-0.3, -0.25) is 9.44 Å². The Hall–Kier alpha value is -2.27. The molecule has 0 unspecified atom stereocenters. The van der Waals surface area contributed by atoms with Crippen LogP contribution in [-0.4, -0.2) is 23.4 Å². The molecular weight excluding hydrogens is 540 g/mol. The van der Waals surface area contributed by atoms with Crippen LogP contribution in [0.2, 0.25) is 5.02 Å². The van der Waals surface area contributed by atoms with Gasteiger partial charge in [0.2, 0.25) is 0 Å². The minimum Gasteiger partial charge on any atom is -0.492 e. The van der Waals surface area contributed by atoms with E-state index in [0.717, 1.165) is 0 Å². The Labute approximate surface area is 201 Å². The molecule has 0 radical (unpaired) electrons. The van der Waals surface area contributed by atoms with Crippen molar-refractivity contribution in [2.45, 2.75) is 23.6 Å². The van der Waals surface area contributed by atoms with E-state index in [2.05, 4.69) is 25.4 Å². The van der Waals surface area contributed by atoms with Crippen LogP contribution >= 0.6 is 27.5 Å². The lowest BCUT2D eigenvalue weighted by atomic mass is 10.2. The van der Waals surface area contributed by atoms with Crippen molar-refractivity contribution >= 4 is 59.0 Å². The minimum atomic E-state index is -4.06. The Bertz CT molecular complexity index is 1350. The molecule has 0 saturated heterocycles. The number of nitrogens with one attached hydrogen (secondary N) is 2. The van der Waals surface area contributed by atoms with E-state index in [1.807, 2.05) is 0 Å². The number of hydrogen-bond acceptors (Lipinski definition) is 5. The maximum Gasteiger partial charge on any atom is 0.265 e. The molecule has 3 aromatic rings. The van der Waals surface area contributed by atoms with Gasteiger partial charge < -0.3 is 4.74 Å². The Kier molecular flexibility index (Phi) is 7.39. The first-order chi connectivity index (χ1) is 15.0. The van der Waals surface area contributed by atoms with Crippen molar-refractivity contribution in [3.63, 3.8) is 0 Å². The zero-order valence-corrected chi connectivity index (χ0v) is 21.1. The first-order valence-electron chi connectivity index (χ1n) is 9.36. The summed E-state index contributed by atoms with van der Waals surface area (Å²) in [6, 6.07) is 15.1. The van der Waals surface area contributed by atoms with Crippen molar-refractivity contribution in [1.29, 1.82) is 0 Å². The Morgan fingerprint density at radius 1 is 0.844 bits per heavy atom. The van der Waals surface area contributed by atoms with E-state index < -0.39 is 20.0 Å². The van der Waals surface area contributed by atoms with Crippen molar-refractivity contribution in [1.82, 2.24) is 0 Å². The first kappa shape index (κ1) is 24.4. The summed E-state index contributed by atoms with van der Waals surface area (Å²) in [7, 11) is -8.05. The van der Waals surface area contributed by atoms with E-state index in [1.165, 1.54) is 36.4 Å². The van der Waals surface area contributed by atoms with Crippen LogP contribution in [0, 0.1) is 6.92 Å². The molecule has 3 rings (SSSR count). The van der Waals surface area contributed by atoms with Crippen molar-refractivity contribution < 1.29 is 21.6 Å². The average molecular weight is 560 g/mol. The van der Waals surface area contributed by atoms with E-state index in [9.17, 15) is 16.8 Å². The fourth-order valence-electron chi connectivity index (χ4n) is 2.86. The molecule has 0 fully saturated rings. The van der Waals surface area contributed by atoms with Crippen LogP contribution < -0.4 is 14.2 Å². The van der Waals surface area contributed by atoms with Gasteiger partial charge in [0.15, 0.2) is 0 Å². The van der Waals surface area contributed by atoms with E-state index in [0.29, 0.717) is 20.7 Å². The van der Waals surface area contributed by atoms with E-state index >= 15 is 0 Å². The number of sulfonamides is 2. The third kappa shape index (κ3) is 5.74. The van der Waals surface area contributed by atoms with Crippen LogP contribution in [0.3, 0.4) is 0 Å². The third-order valence-electron chi connectivity index (χ3n) is 4.32. The lowest BCUT2D eigenvalue weighted by Crippen LogP contribution is -2.17. The van der Waals surface area contributed by atoms with E-state index in [4.69, 9.17) is 16.3 Å². The highest BCUT2D eigenvalue weighted by atomic mass is 79.9. The molecule has 170 valence electrons. The van der Waals surface area contributed by atoms with Gasteiger partial charge in [0.05, 0.1) is 17.2 Å². The van der Waals surface area contributed by atoms with Crippen LogP contribution in [0.1, 0.15) is 12.5 Å². The molecule has 32 heavy (non-hydrogen) atoms. The molecule has 3 aromatic carbocycles. The molecule has 0 amide bonds. The lowest BCUT2D eigenvalue weighted by Gasteiger charge is -2.15. The largest absolute Gasteiger partial charge is 0.492 e. The maximum absolute atomic E-state index is 13.0. The molecule has 0 bridgehead atoms. The molecule has 2 N–H and O–H groups in total. The van der Waals surface area contributed by atoms with Crippen molar-refractivity contribution in [3.8, 4) is 5.75 Å².